The first-order valence-corrected chi connectivity index (χ1v) is 6.78. The summed E-state index contributed by atoms with van der Waals surface area (Å²) in [5, 5.41) is 1.66. The fraction of sp³-hybridized carbons (Fsp3) is 0.118. The first-order valence-electron chi connectivity index (χ1n) is 6.40. The van der Waals surface area contributed by atoms with Crippen molar-refractivity contribution >= 4 is 39.6 Å². The zero-order valence-electron chi connectivity index (χ0n) is 11.2. The predicted octanol–water partition coefficient (Wildman–Crippen LogP) is 4.94. The molecule has 3 aromatic rings. The Balaban J connectivity index is 2.58. The molecule has 0 aliphatic rings. The molecule has 0 saturated carbocycles. The fourth-order valence-electron chi connectivity index (χ4n) is 2.43. The molecule has 2 aromatic carbocycles. The van der Waals surface area contributed by atoms with Crippen LogP contribution in [0.25, 0.3) is 28.0 Å². The third-order valence-corrected chi connectivity index (χ3v) is 3.63. The van der Waals surface area contributed by atoms with E-state index in [0.717, 1.165) is 11.1 Å². The van der Waals surface area contributed by atoms with Crippen LogP contribution in [-0.2, 0) is 0 Å². The Kier molecular flexibility index (Phi) is 3.11. The summed E-state index contributed by atoms with van der Waals surface area (Å²) in [5.41, 5.74) is 3.07. The minimum atomic E-state index is -0.0412. The number of hydrogen-bond acceptors (Lipinski definition) is 2. The lowest BCUT2D eigenvalue weighted by Crippen LogP contribution is -2.04. The van der Waals surface area contributed by atoms with Crippen LogP contribution in [0, 0.1) is 6.92 Å². The second-order valence-corrected chi connectivity index (χ2v) is 5.18. The fourth-order valence-corrected chi connectivity index (χ4v) is 2.60. The standard InChI is InChI=1S/C17H13ClO2/c1-3-4-12-10(2)5-7-15-16(12)17(19)13-9-11(18)6-8-14(13)20-15/h3-9H,1-2H3/b4-3-. The molecule has 0 atom stereocenters. The average molecular weight is 285 g/mol. The van der Waals surface area contributed by atoms with Gasteiger partial charge in [-0.1, -0.05) is 29.8 Å². The smallest absolute Gasteiger partial charge is 0.201 e. The van der Waals surface area contributed by atoms with Crippen molar-refractivity contribution in [3.8, 4) is 0 Å². The summed E-state index contributed by atoms with van der Waals surface area (Å²) in [7, 11) is 0. The minimum Gasteiger partial charge on any atom is -0.456 e. The van der Waals surface area contributed by atoms with Crippen LogP contribution in [0.2, 0.25) is 5.02 Å². The van der Waals surface area contributed by atoms with E-state index in [1.165, 1.54) is 0 Å². The van der Waals surface area contributed by atoms with Crippen molar-refractivity contribution in [1.29, 1.82) is 0 Å². The van der Waals surface area contributed by atoms with Crippen LogP contribution in [-0.4, -0.2) is 0 Å². The largest absolute Gasteiger partial charge is 0.456 e. The van der Waals surface area contributed by atoms with Gasteiger partial charge >= 0.3 is 0 Å². The van der Waals surface area contributed by atoms with Gasteiger partial charge in [-0.2, -0.15) is 0 Å². The molecule has 0 aliphatic heterocycles. The van der Waals surface area contributed by atoms with E-state index in [-0.39, 0.29) is 5.43 Å². The van der Waals surface area contributed by atoms with Crippen LogP contribution < -0.4 is 5.43 Å². The van der Waals surface area contributed by atoms with Gasteiger partial charge in [0.2, 0.25) is 5.43 Å². The normalized spacial score (nSPS) is 11.8. The third-order valence-electron chi connectivity index (χ3n) is 3.39. The Morgan fingerprint density at radius 3 is 2.65 bits per heavy atom. The van der Waals surface area contributed by atoms with Crippen LogP contribution in [0.1, 0.15) is 18.1 Å². The Morgan fingerprint density at radius 2 is 1.90 bits per heavy atom. The zero-order valence-corrected chi connectivity index (χ0v) is 12.0. The van der Waals surface area contributed by atoms with Crippen LogP contribution in [0.5, 0.6) is 0 Å². The van der Waals surface area contributed by atoms with Crippen molar-refractivity contribution in [3.63, 3.8) is 0 Å². The molecule has 1 aromatic heterocycles. The van der Waals surface area contributed by atoms with Gasteiger partial charge in [0.1, 0.15) is 11.2 Å². The van der Waals surface area contributed by atoms with Crippen molar-refractivity contribution in [2.75, 3.05) is 0 Å². The lowest BCUT2D eigenvalue weighted by Gasteiger charge is -2.07. The molecule has 0 unspecified atom stereocenters. The Labute approximate surface area is 121 Å². The first kappa shape index (κ1) is 12.9. The number of halogens is 1. The number of hydrogen-bond donors (Lipinski definition) is 0. The molecule has 0 amide bonds. The summed E-state index contributed by atoms with van der Waals surface area (Å²) in [5.74, 6) is 0. The van der Waals surface area contributed by atoms with Gasteiger partial charge < -0.3 is 4.42 Å². The maximum atomic E-state index is 12.7. The maximum Gasteiger partial charge on any atom is 0.201 e. The van der Waals surface area contributed by atoms with E-state index in [1.807, 2.05) is 38.1 Å². The van der Waals surface area contributed by atoms with Gasteiger partial charge in [-0.25, -0.2) is 0 Å². The Morgan fingerprint density at radius 1 is 1.15 bits per heavy atom. The SMILES string of the molecule is C/C=C\c1c(C)ccc2oc3ccc(Cl)cc3c(=O)c12. The molecule has 0 N–H and O–H groups in total. The maximum absolute atomic E-state index is 12.7. The van der Waals surface area contributed by atoms with Gasteiger partial charge in [0.15, 0.2) is 0 Å². The predicted molar refractivity (Wildman–Crippen MR) is 84.4 cm³/mol. The highest BCUT2D eigenvalue weighted by Crippen LogP contribution is 2.26. The van der Waals surface area contributed by atoms with Crippen molar-refractivity contribution in [1.82, 2.24) is 0 Å². The summed E-state index contributed by atoms with van der Waals surface area (Å²) in [6.45, 7) is 3.91. The van der Waals surface area contributed by atoms with Gasteiger partial charge in [-0.05, 0) is 49.2 Å². The molecule has 3 heteroatoms. The van der Waals surface area contributed by atoms with Crippen LogP contribution >= 0.6 is 11.6 Å². The molecule has 1 heterocycles. The van der Waals surface area contributed by atoms with Crippen LogP contribution in [0.3, 0.4) is 0 Å². The number of fused-ring (bicyclic) bond motifs is 2. The van der Waals surface area contributed by atoms with Gasteiger partial charge in [-0.3, -0.25) is 4.79 Å². The van der Waals surface area contributed by atoms with Crippen molar-refractivity contribution in [2.45, 2.75) is 13.8 Å². The van der Waals surface area contributed by atoms with Gasteiger partial charge in [-0.15, -0.1) is 0 Å². The van der Waals surface area contributed by atoms with Gasteiger partial charge in [0, 0.05) is 5.02 Å². The van der Waals surface area contributed by atoms with E-state index < -0.39 is 0 Å². The number of benzene rings is 2. The first-order chi connectivity index (χ1) is 9.61. The molecule has 0 radical (unpaired) electrons. The number of allylic oxidation sites excluding steroid dienone is 1. The molecule has 20 heavy (non-hydrogen) atoms. The van der Waals surface area contributed by atoms with Crippen molar-refractivity contribution in [3.05, 3.63) is 62.8 Å². The van der Waals surface area contributed by atoms with Crippen LogP contribution in [0.15, 0.2) is 45.6 Å². The number of rotatable bonds is 1. The molecule has 100 valence electrons. The van der Waals surface area contributed by atoms with E-state index in [1.54, 1.807) is 18.2 Å². The lowest BCUT2D eigenvalue weighted by molar-refractivity contribution is 0.659. The van der Waals surface area contributed by atoms with Crippen LogP contribution in [0.4, 0.5) is 0 Å². The van der Waals surface area contributed by atoms with E-state index >= 15 is 0 Å². The van der Waals surface area contributed by atoms with Gasteiger partial charge in [0.25, 0.3) is 0 Å². The molecule has 0 fully saturated rings. The van der Waals surface area contributed by atoms with Crippen molar-refractivity contribution < 1.29 is 4.42 Å². The second-order valence-electron chi connectivity index (χ2n) is 4.74. The molecular weight excluding hydrogens is 272 g/mol. The quantitative estimate of drug-likeness (QED) is 0.592. The molecule has 0 saturated heterocycles. The summed E-state index contributed by atoms with van der Waals surface area (Å²) in [6.07, 6.45) is 3.86. The molecular formula is C17H13ClO2. The van der Waals surface area contributed by atoms with Crippen molar-refractivity contribution in [2.24, 2.45) is 0 Å². The van der Waals surface area contributed by atoms with E-state index in [2.05, 4.69) is 0 Å². The van der Waals surface area contributed by atoms with E-state index in [4.69, 9.17) is 16.0 Å². The summed E-state index contributed by atoms with van der Waals surface area (Å²) < 4.78 is 5.83. The zero-order chi connectivity index (χ0) is 14.3. The second kappa shape index (κ2) is 4.80. The van der Waals surface area contributed by atoms with E-state index in [9.17, 15) is 4.79 Å². The summed E-state index contributed by atoms with van der Waals surface area (Å²) in [6, 6.07) is 8.91. The van der Waals surface area contributed by atoms with E-state index in [0.29, 0.717) is 27.0 Å². The lowest BCUT2D eigenvalue weighted by atomic mass is 10.0. The highest BCUT2D eigenvalue weighted by molar-refractivity contribution is 6.31. The summed E-state index contributed by atoms with van der Waals surface area (Å²) in [4.78, 5) is 12.7. The number of aryl methyl sites for hydroxylation is 1. The molecule has 2 nitrogen and oxygen atoms in total. The monoisotopic (exact) mass is 284 g/mol. The highest BCUT2D eigenvalue weighted by atomic mass is 35.5. The van der Waals surface area contributed by atoms with Gasteiger partial charge in [0.05, 0.1) is 10.8 Å². The molecule has 0 bridgehead atoms. The minimum absolute atomic E-state index is 0.0412. The molecule has 0 aliphatic carbocycles. The third kappa shape index (κ3) is 1.93. The topological polar surface area (TPSA) is 30.2 Å². The average Bonchev–Trinajstić information content (AvgIpc) is 2.43. The Hall–Kier alpha value is -2.06. The highest BCUT2D eigenvalue weighted by Gasteiger charge is 2.12. The molecule has 3 rings (SSSR count). The Bertz CT molecular complexity index is 904. The molecule has 0 spiro atoms. The summed E-state index contributed by atoms with van der Waals surface area (Å²) >= 11 is 5.98.